The molecule has 0 unspecified atom stereocenters. The normalized spacial score (nSPS) is 12.8. The minimum absolute atomic E-state index is 0.0564. The second-order valence-corrected chi connectivity index (χ2v) is 12.3. The van der Waals surface area contributed by atoms with Crippen LogP contribution < -0.4 is 9.62 Å². The van der Waals surface area contributed by atoms with Crippen molar-refractivity contribution in [3.63, 3.8) is 0 Å². The first-order chi connectivity index (χ1) is 18.6. The van der Waals surface area contributed by atoms with Crippen molar-refractivity contribution in [3.05, 3.63) is 94.5 Å². The van der Waals surface area contributed by atoms with E-state index in [1.807, 2.05) is 52.0 Å². The van der Waals surface area contributed by atoms with Crippen LogP contribution in [0.3, 0.4) is 0 Å². The van der Waals surface area contributed by atoms with Gasteiger partial charge in [-0.05, 0) is 62.6 Å². The van der Waals surface area contributed by atoms with Crippen LogP contribution in [-0.2, 0) is 26.2 Å². The zero-order valence-electron chi connectivity index (χ0n) is 22.8. The quantitative estimate of drug-likeness (QED) is 0.285. The van der Waals surface area contributed by atoms with E-state index in [2.05, 4.69) is 21.2 Å². The molecule has 1 N–H and O–H groups in total. The summed E-state index contributed by atoms with van der Waals surface area (Å²) < 4.78 is 29.4. The number of hydrogen-bond donors (Lipinski definition) is 1. The maximum absolute atomic E-state index is 14.1. The highest BCUT2D eigenvalue weighted by Crippen LogP contribution is 2.27. The van der Waals surface area contributed by atoms with E-state index in [1.165, 1.54) is 17.0 Å². The lowest BCUT2D eigenvalue weighted by molar-refractivity contribution is -0.140. The molecule has 0 aliphatic carbocycles. The molecule has 0 saturated heterocycles. The van der Waals surface area contributed by atoms with Gasteiger partial charge < -0.3 is 10.2 Å². The summed E-state index contributed by atoms with van der Waals surface area (Å²) in [4.78, 5) is 29.0. The van der Waals surface area contributed by atoms with Gasteiger partial charge in [0.1, 0.15) is 12.6 Å². The Bertz CT molecular complexity index is 1380. The van der Waals surface area contributed by atoms with E-state index in [-0.39, 0.29) is 23.4 Å². The molecule has 0 aliphatic rings. The van der Waals surface area contributed by atoms with Crippen LogP contribution in [0.5, 0.6) is 0 Å². The van der Waals surface area contributed by atoms with Gasteiger partial charge in [0.25, 0.3) is 10.0 Å². The molecule has 39 heavy (non-hydrogen) atoms. The molecule has 3 aromatic rings. The molecular formula is C30H36BrN3O4S. The summed E-state index contributed by atoms with van der Waals surface area (Å²) in [5.74, 6) is -0.727. The molecule has 9 heteroatoms. The summed E-state index contributed by atoms with van der Waals surface area (Å²) in [7, 11) is -4.09. The molecule has 0 fully saturated rings. The van der Waals surface area contributed by atoms with Gasteiger partial charge in [-0.1, -0.05) is 83.9 Å². The molecule has 0 heterocycles. The van der Waals surface area contributed by atoms with Gasteiger partial charge in [0.2, 0.25) is 11.8 Å². The molecule has 2 amide bonds. The minimum atomic E-state index is -4.09. The molecule has 3 aromatic carbocycles. The summed E-state index contributed by atoms with van der Waals surface area (Å²) in [6, 6.07) is 21.8. The standard InChI is InChI=1S/C30H36BrN3O4S/c1-5-23(4)32-30(36)28(6-2)33(20-24-13-10-12-22(3)18-24)29(35)21-34(26-15-11-14-25(31)19-26)39(37,38)27-16-8-7-9-17-27/h7-19,23,28H,5-6,20-21H2,1-4H3,(H,32,36)/t23-,28+/m1/s1. The number of nitrogens with zero attached hydrogens (tertiary/aromatic N) is 2. The van der Waals surface area contributed by atoms with Crippen LogP contribution in [0, 0.1) is 6.92 Å². The maximum Gasteiger partial charge on any atom is 0.264 e. The van der Waals surface area contributed by atoms with Crippen molar-refractivity contribution < 1.29 is 18.0 Å². The monoisotopic (exact) mass is 613 g/mol. The van der Waals surface area contributed by atoms with E-state index < -0.39 is 28.5 Å². The van der Waals surface area contributed by atoms with Crippen molar-refractivity contribution in [1.29, 1.82) is 0 Å². The number of sulfonamides is 1. The van der Waals surface area contributed by atoms with Crippen molar-refractivity contribution in [2.75, 3.05) is 10.8 Å². The van der Waals surface area contributed by atoms with E-state index >= 15 is 0 Å². The third-order valence-corrected chi connectivity index (χ3v) is 8.81. The van der Waals surface area contributed by atoms with Crippen molar-refractivity contribution in [2.45, 2.75) is 64.1 Å². The van der Waals surface area contributed by atoms with E-state index in [0.29, 0.717) is 16.6 Å². The molecule has 3 rings (SSSR count). The van der Waals surface area contributed by atoms with Gasteiger partial charge in [-0.2, -0.15) is 0 Å². The van der Waals surface area contributed by atoms with Crippen molar-refractivity contribution in [1.82, 2.24) is 10.2 Å². The Morgan fingerprint density at radius 1 is 0.923 bits per heavy atom. The second-order valence-electron chi connectivity index (χ2n) is 9.56. The average molecular weight is 615 g/mol. The molecule has 0 radical (unpaired) electrons. The van der Waals surface area contributed by atoms with E-state index in [0.717, 1.165) is 21.9 Å². The molecule has 2 atom stereocenters. The highest BCUT2D eigenvalue weighted by molar-refractivity contribution is 9.10. The number of nitrogens with one attached hydrogen (secondary N) is 1. The Kier molecular flexibility index (Phi) is 10.7. The van der Waals surface area contributed by atoms with E-state index in [1.54, 1.807) is 42.5 Å². The number of halogens is 1. The Balaban J connectivity index is 2.05. The largest absolute Gasteiger partial charge is 0.352 e. The van der Waals surface area contributed by atoms with Crippen molar-refractivity contribution in [2.24, 2.45) is 0 Å². The number of rotatable bonds is 12. The number of hydrogen-bond acceptors (Lipinski definition) is 4. The van der Waals surface area contributed by atoms with Crippen LogP contribution in [0.1, 0.15) is 44.7 Å². The molecular weight excluding hydrogens is 578 g/mol. The third kappa shape index (κ3) is 7.92. The van der Waals surface area contributed by atoms with Crippen LogP contribution in [0.15, 0.2) is 88.2 Å². The first kappa shape index (κ1) is 30.4. The molecule has 208 valence electrons. The number of amides is 2. The van der Waals surface area contributed by atoms with Crippen LogP contribution in [0.4, 0.5) is 5.69 Å². The predicted molar refractivity (Wildman–Crippen MR) is 159 cm³/mol. The van der Waals surface area contributed by atoms with Gasteiger partial charge in [-0.15, -0.1) is 0 Å². The summed E-state index contributed by atoms with van der Waals surface area (Å²) in [5.41, 5.74) is 2.23. The van der Waals surface area contributed by atoms with Gasteiger partial charge >= 0.3 is 0 Å². The molecule has 7 nitrogen and oxygen atoms in total. The van der Waals surface area contributed by atoms with Gasteiger partial charge in [-0.25, -0.2) is 8.42 Å². The topological polar surface area (TPSA) is 86.8 Å². The number of benzene rings is 3. The number of carbonyl (C=O) groups excluding carboxylic acids is 2. The van der Waals surface area contributed by atoms with E-state index in [9.17, 15) is 18.0 Å². The van der Waals surface area contributed by atoms with Crippen molar-refractivity contribution >= 4 is 43.5 Å². The zero-order valence-corrected chi connectivity index (χ0v) is 25.2. The number of carbonyl (C=O) groups is 2. The number of anilines is 1. The Morgan fingerprint density at radius 2 is 1.62 bits per heavy atom. The fourth-order valence-electron chi connectivity index (χ4n) is 4.25. The van der Waals surface area contributed by atoms with Crippen LogP contribution >= 0.6 is 15.9 Å². The van der Waals surface area contributed by atoms with Crippen molar-refractivity contribution in [3.8, 4) is 0 Å². The lowest BCUT2D eigenvalue weighted by Gasteiger charge is -2.33. The fraction of sp³-hybridized carbons (Fsp3) is 0.333. The fourth-order valence-corrected chi connectivity index (χ4v) is 6.06. The summed E-state index contributed by atoms with van der Waals surface area (Å²) in [6.07, 6.45) is 1.13. The molecule has 0 spiro atoms. The van der Waals surface area contributed by atoms with Gasteiger partial charge in [0, 0.05) is 17.1 Å². The van der Waals surface area contributed by atoms with Gasteiger partial charge in [0.05, 0.1) is 10.6 Å². The predicted octanol–water partition coefficient (Wildman–Crippen LogP) is 5.67. The molecule has 0 aliphatic heterocycles. The van der Waals surface area contributed by atoms with E-state index in [4.69, 9.17) is 0 Å². The average Bonchev–Trinajstić information content (AvgIpc) is 2.91. The van der Waals surface area contributed by atoms with Crippen LogP contribution in [0.25, 0.3) is 0 Å². The lowest BCUT2D eigenvalue weighted by Crippen LogP contribution is -2.53. The Hall–Kier alpha value is -3.17. The summed E-state index contributed by atoms with van der Waals surface area (Å²) >= 11 is 3.41. The van der Waals surface area contributed by atoms with Crippen LogP contribution in [0.2, 0.25) is 0 Å². The molecule has 0 bridgehead atoms. The first-order valence-corrected chi connectivity index (χ1v) is 15.3. The maximum atomic E-state index is 14.1. The highest BCUT2D eigenvalue weighted by atomic mass is 79.9. The van der Waals surface area contributed by atoms with Crippen LogP contribution in [-0.4, -0.2) is 43.8 Å². The third-order valence-electron chi connectivity index (χ3n) is 6.53. The lowest BCUT2D eigenvalue weighted by atomic mass is 10.1. The summed E-state index contributed by atoms with van der Waals surface area (Å²) in [5, 5.41) is 2.99. The zero-order chi connectivity index (χ0) is 28.6. The minimum Gasteiger partial charge on any atom is -0.352 e. The number of aryl methyl sites for hydroxylation is 1. The van der Waals surface area contributed by atoms with Gasteiger partial charge in [-0.3, -0.25) is 13.9 Å². The highest BCUT2D eigenvalue weighted by Gasteiger charge is 2.34. The van der Waals surface area contributed by atoms with Gasteiger partial charge in [0.15, 0.2) is 0 Å². The Labute approximate surface area is 240 Å². The second kappa shape index (κ2) is 13.8. The SMILES string of the molecule is CC[C@@H](C)NC(=O)[C@H](CC)N(Cc1cccc(C)c1)C(=O)CN(c1cccc(Br)c1)S(=O)(=O)c1ccccc1. The Morgan fingerprint density at radius 3 is 2.23 bits per heavy atom. The summed E-state index contributed by atoms with van der Waals surface area (Å²) in [6.45, 7) is 7.41. The smallest absolute Gasteiger partial charge is 0.264 e. The molecule has 0 aromatic heterocycles. The molecule has 0 saturated carbocycles. The first-order valence-electron chi connectivity index (χ1n) is 13.1.